The Morgan fingerprint density at radius 3 is 2.11 bits per heavy atom. The number of unbranched alkanes of at least 4 members (excludes halogenated alkanes) is 1. The molecule has 0 heterocycles. The van der Waals surface area contributed by atoms with E-state index in [1.165, 1.54) is 0 Å². The average Bonchev–Trinajstić information content (AvgIpc) is 2.33. The third-order valence-electron chi connectivity index (χ3n) is 1.86. The van der Waals surface area contributed by atoms with Crippen LogP contribution in [0.15, 0.2) is 23.8 Å². The molecule has 18 heavy (non-hydrogen) atoms. The summed E-state index contributed by atoms with van der Waals surface area (Å²) in [4.78, 5) is 20.7. The fourth-order valence-corrected chi connectivity index (χ4v) is 0.766. The van der Waals surface area contributed by atoms with Crippen LogP contribution in [0.2, 0.25) is 0 Å². The van der Waals surface area contributed by atoms with Crippen LogP contribution >= 0.6 is 0 Å². The molecule has 0 bridgehead atoms. The maximum absolute atomic E-state index is 10.6. The summed E-state index contributed by atoms with van der Waals surface area (Å²) in [5, 5.41) is 8.34. The zero-order valence-corrected chi connectivity index (χ0v) is 11.8. The molecule has 0 aromatic heterocycles. The highest BCUT2D eigenvalue weighted by atomic mass is 16.5. The minimum absolute atomic E-state index is 0.295. The monoisotopic (exact) mass is 256 g/mol. The van der Waals surface area contributed by atoms with Gasteiger partial charge in [-0.15, -0.1) is 0 Å². The molecule has 0 amide bonds. The van der Waals surface area contributed by atoms with Gasteiger partial charge in [-0.2, -0.15) is 0 Å². The maximum Gasteiger partial charge on any atom is 0.333 e. The van der Waals surface area contributed by atoms with Crippen molar-refractivity contribution in [2.75, 3.05) is 6.61 Å². The summed E-state index contributed by atoms with van der Waals surface area (Å²) >= 11 is 0. The second-order valence-electron chi connectivity index (χ2n) is 3.90. The molecule has 0 unspecified atom stereocenters. The molecular weight excluding hydrogens is 232 g/mol. The van der Waals surface area contributed by atoms with Gasteiger partial charge in [0.25, 0.3) is 0 Å². The highest BCUT2D eigenvalue weighted by Gasteiger charge is 1.99. The van der Waals surface area contributed by atoms with Crippen molar-refractivity contribution in [3.8, 4) is 0 Å². The number of carboxylic acid groups (broad SMARTS) is 1. The average molecular weight is 256 g/mol. The Balaban J connectivity index is 0. The molecule has 0 aliphatic carbocycles. The summed E-state index contributed by atoms with van der Waals surface area (Å²) in [6.45, 7) is 11.1. The normalized spacial score (nSPS) is 10.1. The van der Waals surface area contributed by atoms with Gasteiger partial charge in [0.1, 0.15) is 0 Å². The fraction of sp³-hybridized carbons (Fsp3) is 0.571. The van der Waals surface area contributed by atoms with Crippen molar-refractivity contribution >= 4 is 11.9 Å². The van der Waals surface area contributed by atoms with Gasteiger partial charge < -0.3 is 9.84 Å². The minimum atomic E-state index is -0.816. The van der Waals surface area contributed by atoms with E-state index in [-0.39, 0.29) is 5.97 Å². The van der Waals surface area contributed by atoms with Crippen LogP contribution in [0.1, 0.15) is 47.0 Å². The largest absolute Gasteiger partial charge is 0.478 e. The van der Waals surface area contributed by atoms with Crippen LogP contribution in [0, 0.1) is 0 Å². The number of rotatable bonds is 6. The lowest BCUT2D eigenvalue weighted by molar-refractivity contribution is -0.139. The Kier molecular flexibility index (Phi) is 12.4. The molecule has 104 valence electrons. The van der Waals surface area contributed by atoms with E-state index in [0.717, 1.165) is 19.3 Å². The SMILES string of the molecule is C=C(C)C(=O)OCCC.CCCC=C(C)C(=O)O. The van der Waals surface area contributed by atoms with Gasteiger partial charge >= 0.3 is 11.9 Å². The number of aliphatic carboxylic acids is 1. The van der Waals surface area contributed by atoms with E-state index in [2.05, 4.69) is 6.58 Å². The number of allylic oxidation sites excluding steroid dienone is 1. The molecule has 0 saturated carbocycles. The van der Waals surface area contributed by atoms with Gasteiger partial charge in [-0.1, -0.05) is 32.9 Å². The molecule has 1 N–H and O–H groups in total. The van der Waals surface area contributed by atoms with E-state index in [1.807, 2.05) is 13.8 Å². The topological polar surface area (TPSA) is 63.6 Å². The van der Waals surface area contributed by atoms with Crippen LogP contribution in [0.25, 0.3) is 0 Å². The van der Waals surface area contributed by atoms with Crippen molar-refractivity contribution in [2.45, 2.75) is 47.0 Å². The lowest BCUT2D eigenvalue weighted by atomic mass is 10.2. The quantitative estimate of drug-likeness (QED) is 0.585. The Labute approximate surface area is 109 Å². The van der Waals surface area contributed by atoms with E-state index in [1.54, 1.807) is 19.9 Å². The third-order valence-corrected chi connectivity index (χ3v) is 1.86. The van der Waals surface area contributed by atoms with Crippen LogP contribution in [0.3, 0.4) is 0 Å². The summed E-state index contributed by atoms with van der Waals surface area (Å²) in [5.74, 6) is -1.11. The van der Waals surface area contributed by atoms with Crippen LogP contribution < -0.4 is 0 Å². The van der Waals surface area contributed by atoms with Crippen LogP contribution in [-0.4, -0.2) is 23.7 Å². The molecule has 4 heteroatoms. The maximum atomic E-state index is 10.6. The van der Waals surface area contributed by atoms with E-state index in [4.69, 9.17) is 9.84 Å². The first-order valence-electron chi connectivity index (χ1n) is 6.09. The lowest BCUT2D eigenvalue weighted by Gasteiger charge is -1.99. The molecule has 4 nitrogen and oxygen atoms in total. The molecule has 0 fully saturated rings. The van der Waals surface area contributed by atoms with Gasteiger partial charge in [-0.25, -0.2) is 9.59 Å². The van der Waals surface area contributed by atoms with Crippen molar-refractivity contribution in [1.29, 1.82) is 0 Å². The molecular formula is C14H24O4. The second kappa shape index (κ2) is 11.9. The third kappa shape index (κ3) is 12.5. The fourth-order valence-electron chi connectivity index (χ4n) is 0.766. The number of carboxylic acids is 1. The van der Waals surface area contributed by atoms with Crippen LogP contribution in [-0.2, 0) is 14.3 Å². The Bertz CT molecular complexity index is 303. The van der Waals surface area contributed by atoms with Crippen molar-refractivity contribution < 1.29 is 19.4 Å². The number of esters is 1. The van der Waals surface area contributed by atoms with Gasteiger partial charge in [0.05, 0.1) is 6.61 Å². The molecule has 0 aliphatic rings. The predicted octanol–water partition coefficient (Wildman–Crippen LogP) is 3.33. The van der Waals surface area contributed by atoms with Crippen molar-refractivity contribution in [2.24, 2.45) is 0 Å². The molecule has 0 atom stereocenters. The standard InChI is InChI=1S/2C7H12O2/c1-4-5-9-7(8)6(2)3;1-3-4-5-6(2)7(8)9/h2,4-5H2,1,3H3;5H,3-4H2,1-2H3,(H,8,9). The molecule has 0 aromatic carbocycles. The summed E-state index contributed by atoms with van der Waals surface area (Å²) in [6, 6.07) is 0. The summed E-state index contributed by atoms with van der Waals surface area (Å²) in [6.07, 6.45) is 4.46. The summed E-state index contributed by atoms with van der Waals surface area (Å²) in [7, 11) is 0. The Morgan fingerprint density at radius 2 is 1.78 bits per heavy atom. The van der Waals surface area contributed by atoms with E-state index < -0.39 is 5.97 Å². The minimum Gasteiger partial charge on any atom is -0.478 e. The van der Waals surface area contributed by atoms with Crippen LogP contribution in [0.5, 0.6) is 0 Å². The Hall–Kier alpha value is -1.58. The van der Waals surface area contributed by atoms with Gasteiger partial charge in [-0.3, -0.25) is 0 Å². The van der Waals surface area contributed by atoms with Crippen LogP contribution in [0.4, 0.5) is 0 Å². The first kappa shape index (κ1) is 18.8. The molecule has 0 spiro atoms. The first-order chi connectivity index (χ1) is 8.36. The molecule has 0 saturated heterocycles. The number of ether oxygens (including phenoxy) is 1. The van der Waals surface area contributed by atoms with E-state index >= 15 is 0 Å². The zero-order chi connectivity index (χ0) is 14.6. The van der Waals surface area contributed by atoms with Crippen molar-refractivity contribution in [3.63, 3.8) is 0 Å². The van der Waals surface area contributed by atoms with E-state index in [0.29, 0.717) is 17.8 Å². The summed E-state index contributed by atoms with van der Waals surface area (Å²) in [5.41, 5.74) is 0.903. The Morgan fingerprint density at radius 1 is 1.22 bits per heavy atom. The van der Waals surface area contributed by atoms with Crippen molar-refractivity contribution in [3.05, 3.63) is 23.8 Å². The second-order valence-corrected chi connectivity index (χ2v) is 3.90. The molecule has 0 rings (SSSR count). The molecule has 0 aromatic rings. The predicted molar refractivity (Wildman–Crippen MR) is 72.4 cm³/mol. The van der Waals surface area contributed by atoms with Gasteiger partial charge in [0.15, 0.2) is 0 Å². The van der Waals surface area contributed by atoms with Gasteiger partial charge in [-0.05, 0) is 26.7 Å². The highest BCUT2D eigenvalue weighted by molar-refractivity contribution is 5.86. The van der Waals surface area contributed by atoms with Crippen molar-refractivity contribution in [1.82, 2.24) is 0 Å². The first-order valence-corrected chi connectivity index (χ1v) is 6.09. The number of hydrogen-bond acceptors (Lipinski definition) is 3. The smallest absolute Gasteiger partial charge is 0.333 e. The van der Waals surface area contributed by atoms with Gasteiger partial charge in [0, 0.05) is 11.1 Å². The molecule has 0 radical (unpaired) electrons. The summed E-state index contributed by atoms with van der Waals surface area (Å²) < 4.78 is 4.71. The highest BCUT2D eigenvalue weighted by Crippen LogP contribution is 1.96. The number of hydrogen-bond donors (Lipinski definition) is 1. The number of carbonyl (C=O) groups is 2. The molecule has 0 aliphatic heterocycles. The number of carbonyl (C=O) groups excluding carboxylic acids is 1. The van der Waals surface area contributed by atoms with Gasteiger partial charge in [0.2, 0.25) is 0 Å². The lowest BCUT2D eigenvalue weighted by Crippen LogP contribution is -2.04. The zero-order valence-electron chi connectivity index (χ0n) is 11.8. The van der Waals surface area contributed by atoms with E-state index in [9.17, 15) is 9.59 Å².